The Labute approximate surface area is 158 Å². The van der Waals surface area contributed by atoms with Gasteiger partial charge in [0.15, 0.2) is 0 Å². The molecule has 0 saturated carbocycles. The van der Waals surface area contributed by atoms with Crippen molar-refractivity contribution in [1.82, 2.24) is 9.80 Å². The third kappa shape index (κ3) is 4.76. The van der Waals surface area contributed by atoms with Gasteiger partial charge in [-0.1, -0.05) is 41.9 Å². The quantitative estimate of drug-likeness (QED) is 0.822. The Morgan fingerprint density at radius 2 is 1.54 bits per heavy atom. The summed E-state index contributed by atoms with van der Waals surface area (Å²) >= 11 is 5.87. The number of benzene rings is 2. The molecule has 1 aliphatic heterocycles. The Balaban J connectivity index is 1.53. The van der Waals surface area contributed by atoms with Crippen molar-refractivity contribution in [2.24, 2.45) is 0 Å². The first-order valence-electron chi connectivity index (χ1n) is 8.64. The number of carbonyl (C=O) groups excluding carboxylic acids is 2. The van der Waals surface area contributed by atoms with Crippen LogP contribution in [0.25, 0.3) is 0 Å². The minimum atomic E-state index is -0.338. The van der Waals surface area contributed by atoms with E-state index in [0.29, 0.717) is 36.8 Å². The third-order valence-corrected chi connectivity index (χ3v) is 4.59. The van der Waals surface area contributed by atoms with Crippen molar-refractivity contribution in [3.63, 3.8) is 0 Å². The number of halogens is 1. The Bertz CT molecular complexity index is 749. The molecule has 0 spiro atoms. The molecule has 2 amide bonds. The molecule has 26 heavy (non-hydrogen) atoms. The van der Waals surface area contributed by atoms with Crippen LogP contribution in [0.5, 0.6) is 0 Å². The fourth-order valence-corrected chi connectivity index (χ4v) is 3.01. The van der Waals surface area contributed by atoms with E-state index in [-0.39, 0.29) is 18.6 Å². The first-order valence-corrected chi connectivity index (χ1v) is 9.02. The highest BCUT2D eigenvalue weighted by Crippen LogP contribution is 2.14. The first-order chi connectivity index (χ1) is 12.6. The SMILES string of the molecule is O=C(OCc1ccccc1)N1CCCN(C(=O)c2ccc(Cl)cc2)CC1. The normalized spacial score (nSPS) is 14.7. The molecule has 1 fully saturated rings. The number of rotatable bonds is 3. The minimum absolute atomic E-state index is 0.0406. The van der Waals surface area contributed by atoms with Crippen molar-refractivity contribution in [3.05, 3.63) is 70.7 Å². The number of ether oxygens (including phenoxy) is 1. The van der Waals surface area contributed by atoms with Gasteiger partial charge in [-0.05, 0) is 36.2 Å². The van der Waals surface area contributed by atoms with Gasteiger partial charge < -0.3 is 14.5 Å². The van der Waals surface area contributed by atoms with E-state index in [2.05, 4.69) is 0 Å². The molecule has 2 aromatic rings. The van der Waals surface area contributed by atoms with E-state index in [1.54, 1.807) is 34.1 Å². The summed E-state index contributed by atoms with van der Waals surface area (Å²) in [6.07, 6.45) is 0.384. The van der Waals surface area contributed by atoms with Crippen molar-refractivity contribution in [2.45, 2.75) is 13.0 Å². The molecular weight excluding hydrogens is 352 g/mol. The van der Waals surface area contributed by atoms with Crippen molar-refractivity contribution < 1.29 is 14.3 Å². The van der Waals surface area contributed by atoms with Crippen LogP contribution in [0, 0.1) is 0 Å². The summed E-state index contributed by atoms with van der Waals surface area (Å²) in [5, 5.41) is 0.602. The first kappa shape index (κ1) is 18.3. The average Bonchev–Trinajstić information content (AvgIpc) is 2.93. The predicted molar refractivity (Wildman–Crippen MR) is 100 cm³/mol. The molecule has 0 unspecified atom stereocenters. The van der Waals surface area contributed by atoms with E-state index in [1.807, 2.05) is 30.3 Å². The maximum atomic E-state index is 12.6. The number of hydrogen-bond donors (Lipinski definition) is 0. The Hall–Kier alpha value is -2.53. The fourth-order valence-electron chi connectivity index (χ4n) is 2.89. The van der Waals surface area contributed by atoms with Gasteiger partial charge in [-0.2, -0.15) is 0 Å². The number of nitrogens with zero attached hydrogens (tertiary/aromatic N) is 2. The monoisotopic (exact) mass is 372 g/mol. The summed E-state index contributed by atoms with van der Waals surface area (Å²) in [5.74, 6) is -0.0406. The summed E-state index contributed by atoms with van der Waals surface area (Å²) < 4.78 is 5.39. The lowest BCUT2D eigenvalue weighted by Gasteiger charge is -2.22. The number of hydrogen-bond acceptors (Lipinski definition) is 3. The van der Waals surface area contributed by atoms with Crippen LogP contribution in [0.4, 0.5) is 4.79 Å². The smallest absolute Gasteiger partial charge is 0.410 e. The van der Waals surface area contributed by atoms with E-state index in [0.717, 1.165) is 12.0 Å². The molecule has 0 bridgehead atoms. The van der Waals surface area contributed by atoms with Crippen LogP contribution in [0.15, 0.2) is 54.6 Å². The van der Waals surface area contributed by atoms with Gasteiger partial charge in [0, 0.05) is 36.8 Å². The second kappa shape index (κ2) is 8.72. The largest absolute Gasteiger partial charge is 0.445 e. The highest BCUT2D eigenvalue weighted by atomic mass is 35.5. The Morgan fingerprint density at radius 3 is 2.27 bits per heavy atom. The molecule has 3 rings (SSSR count). The van der Waals surface area contributed by atoms with Crippen molar-refractivity contribution in [3.8, 4) is 0 Å². The molecule has 0 atom stereocenters. The summed E-state index contributed by atoms with van der Waals surface area (Å²) in [6.45, 7) is 2.40. The van der Waals surface area contributed by atoms with Gasteiger partial charge in [-0.15, -0.1) is 0 Å². The molecule has 0 N–H and O–H groups in total. The molecule has 1 saturated heterocycles. The lowest BCUT2D eigenvalue weighted by atomic mass is 10.2. The topological polar surface area (TPSA) is 49.9 Å². The van der Waals surface area contributed by atoms with Crippen LogP contribution in [-0.4, -0.2) is 48.0 Å². The summed E-state index contributed by atoms with van der Waals surface area (Å²) in [5.41, 5.74) is 1.56. The molecule has 1 heterocycles. The number of amides is 2. The molecule has 0 radical (unpaired) electrons. The van der Waals surface area contributed by atoms with Gasteiger partial charge in [-0.3, -0.25) is 4.79 Å². The highest BCUT2D eigenvalue weighted by molar-refractivity contribution is 6.30. The average molecular weight is 373 g/mol. The third-order valence-electron chi connectivity index (χ3n) is 4.34. The lowest BCUT2D eigenvalue weighted by molar-refractivity contribution is 0.0749. The maximum Gasteiger partial charge on any atom is 0.410 e. The van der Waals surface area contributed by atoms with E-state index >= 15 is 0 Å². The molecule has 1 aliphatic rings. The van der Waals surface area contributed by atoms with Crippen LogP contribution < -0.4 is 0 Å². The molecule has 0 aliphatic carbocycles. The zero-order valence-electron chi connectivity index (χ0n) is 14.4. The fraction of sp³-hybridized carbons (Fsp3) is 0.300. The second-order valence-corrected chi connectivity index (χ2v) is 6.62. The van der Waals surface area contributed by atoms with Gasteiger partial charge in [-0.25, -0.2) is 4.79 Å². The van der Waals surface area contributed by atoms with E-state index < -0.39 is 0 Å². The standard InChI is InChI=1S/C20H21ClN2O3/c21-18-9-7-17(8-10-18)19(24)22-11-4-12-23(14-13-22)20(25)26-15-16-5-2-1-3-6-16/h1-3,5-10H,4,11-15H2. The molecule has 0 aromatic heterocycles. The molecule has 136 valence electrons. The van der Waals surface area contributed by atoms with Gasteiger partial charge in [0.25, 0.3) is 5.91 Å². The predicted octanol–water partition coefficient (Wildman–Crippen LogP) is 3.82. The van der Waals surface area contributed by atoms with Crippen LogP contribution in [-0.2, 0) is 11.3 Å². The summed E-state index contributed by atoms with van der Waals surface area (Å²) in [4.78, 5) is 28.3. The van der Waals surface area contributed by atoms with E-state index in [4.69, 9.17) is 16.3 Å². The summed E-state index contributed by atoms with van der Waals surface area (Å²) in [7, 11) is 0. The maximum absolute atomic E-state index is 12.6. The van der Waals surface area contributed by atoms with E-state index in [1.165, 1.54) is 0 Å². The Kier molecular flexibility index (Phi) is 6.12. The number of carbonyl (C=O) groups is 2. The zero-order valence-corrected chi connectivity index (χ0v) is 15.2. The Morgan fingerprint density at radius 1 is 0.885 bits per heavy atom. The second-order valence-electron chi connectivity index (χ2n) is 6.18. The molecule has 5 nitrogen and oxygen atoms in total. The van der Waals surface area contributed by atoms with Crippen molar-refractivity contribution >= 4 is 23.6 Å². The lowest BCUT2D eigenvalue weighted by Crippen LogP contribution is -2.37. The molecule has 6 heteroatoms. The van der Waals surface area contributed by atoms with Crippen molar-refractivity contribution in [2.75, 3.05) is 26.2 Å². The van der Waals surface area contributed by atoms with Crippen LogP contribution >= 0.6 is 11.6 Å². The molecule has 2 aromatic carbocycles. The van der Waals surface area contributed by atoms with Crippen LogP contribution in [0.3, 0.4) is 0 Å². The zero-order chi connectivity index (χ0) is 18.4. The van der Waals surface area contributed by atoms with Crippen LogP contribution in [0.2, 0.25) is 5.02 Å². The van der Waals surface area contributed by atoms with Crippen LogP contribution in [0.1, 0.15) is 22.3 Å². The van der Waals surface area contributed by atoms with Gasteiger partial charge >= 0.3 is 6.09 Å². The van der Waals surface area contributed by atoms with Gasteiger partial charge in [0.2, 0.25) is 0 Å². The van der Waals surface area contributed by atoms with E-state index in [9.17, 15) is 9.59 Å². The highest BCUT2D eigenvalue weighted by Gasteiger charge is 2.23. The van der Waals surface area contributed by atoms with Gasteiger partial charge in [0.05, 0.1) is 0 Å². The van der Waals surface area contributed by atoms with Gasteiger partial charge in [0.1, 0.15) is 6.61 Å². The minimum Gasteiger partial charge on any atom is -0.445 e. The summed E-state index contributed by atoms with van der Waals surface area (Å²) in [6, 6.07) is 16.4. The van der Waals surface area contributed by atoms with Crippen molar-refractivity contribution in [1.29, 1.82) is 0 Å². The molecular formula is C20H21ClN2O3.